The summed E-state index contributed by atoms with van der Waals surface area (Å²) in [6.07, 6.45) is -4.77. The van der Waals surface area contributed by atoms with Gasteiger partial charge in [-0.3, -0.25) is 4.79 Å². The van der Waals surface area contributed by atoms with Crippen LogP contribution in [0.1, 0.15) is 37.9 Å². The van der Waals surface area contributed by atoms with Crippen molar-refractivity contribution in [3.8, 4) is 0 Å². The van der Waals surface area contributed by atoms with Gasteiger partial charge in [0, 0.05) is 12.6 Å². The van der Waals surface area contributed by atoms with E-state index in [1.165, 1.54) is 0 Å². The van der Waals surface area contributed by atoms with Crippen LogP contribution in [0.5, 0.6) is 0 Å². The fourth-order valence-corrected chi connectivity index (χ4v) is 3.08. The fourth-order valence-electron chi connectivity index (χ4n) is 3.08. The summed E-state index contributed by atoms with van der Waals surface area (Å²) < 4.78 is 46.1. The van der Waals surface area contributed by atoms with Gasteiger partial charge in [0.2, 0.25) is 5.91 Å². The molecule has 0 spiro atoms. The molecule has 8 heteroatoms. The van der Waals surface area contributed by atoms with E-state index in [1.54, 1.807) is 69.3 Å². The fraction of sp³-hybridized carbons (Fsp3) is 0.417. The Morgan fingerprint density at radius 3 is 2.03 bits per heavy atom. The second-order valence-corrected chi connectivity index (χ2v) is 7.96. The Kier molecular flexibility index (Phi) is 9.26. The lowest BCUT2D eigenvalue weighted by molar-refractivity contribution is -0.183. The highest BCUT2D eigenvalue weighted by atomic mass is 19.4. The number of nitrogens with one attached hydrogen (secondary N) is 2. The summed E-state index contributed by atoms with van der Waals surface area (Å²) in [5.41, 5.74) is 1.54. The molecule has 0 aliphatic heterocycles. The first kappa shape index (κ1) is 25.4. The van der Waals surface area contributed by atoms with Crippen molar-refractivity contribution < 1.29 is 27.5 Å². The van der Waals surface area contributed by atoms with E-state index in [2.05, 4.69) is 10.6 Å². The van der Waals surface area contributed by atoms with Gasteiger partial charge in [0.15, 0.2) is 0 Å². The van der Waals surface area contributed by atoms with Crippen molar-refractivity contribution in [2.75, 3.05) is 6.54 Å². The van der Waals surface area contributed by atoms with Gasteiger partial charge in [0.25, 0.3) is 0 Å². The van der Waals surface area contributed by atoms with Crippen LogP contribution in [0.15, 0.2) is 60.7 Å². The molecule has 2 rings (SSSR count). The molecule has 0 radical (unpaired) electrons. The highest BCUT2D eigenvalue weighted by molar-refractivity contribution is 5.86. The van der Waals surface area contributed by atoms with Gasteiger partial charge in [0.05, 0.1) is 0 Å². The van der Waals surface area contributed by atoms with E-state index in [0.717, 1.165) is 11.1 Å². The van der Waals surface area contributed by atoms with Crippen molar-refractivity contribution in [3.63, 3.8) is 0 Å². The van der Waals surface area contributed by atoms with E-state index >= 15 is 0 Å². The van der Waals surface area contributed by atoms with Gasteiger partial charge in [-0.2, -0.15) is 13.2 Å². The molecule has 0 unspecified atom stereocenters. The number of alkyl halides is 3. The summed E-state index contributed by atoms with van der Waals surface area (Å²) in [6, 6.07) is 16.3. The maximum absolute atomic E-state index is 13.6. The molecule has 174 valence electrons. The zero-order valence-electron chi connectivity index (χ0n) is 18.4. The third-order valence-corrected chi connectivity index (χ3v) is 5.08. The molecule has 2 aromatic rings. The van der Waals surface area contributed by atoms with Gasteiger partial charge in [0.1, 0.15) is 18.6 Å². The van der Waals surface area contributed by atoms with E-state index in [1.807, 2.05) is 12.1 Å². The standard InChI is InChI=1S/C24H29F3N2O3/c1-16(2)21(23(31)32-15-18-10-6-4-7-11-18)29-22(30)20(24(25,26)27)14-28-17(3)19-12-8-5-9-13-19/h4-13,16-17,20-21,28H,14-15H2,1-3H3,(H,29,30)/t17-,20-,21-/m0/s1. The number of hydrogen-bond donors (Lipinski definition) is 2. The Balaban J connectivity index is 2.02. The number of ether oxygens (including phenoxy) is 1. The predicted molar refractivity (Wildman–Crippen MR) is 115 cm³/mol. The average molecular weight is 451 g/mol. The minimum atomic E-state index is -4.77. The van der Waals surface area contributed by atoms with Gasteiger partial charge in [-0.05, 0) is 24.0 Å². The third kappa shape index (κ3) is 7.67. The van der Waals surface area contributed by atoms with Crippen molar-refractivity contribution in [3.05, 3.63) is 71.8 Å². The second-order valence-electron chi connectivity index (χ2n) is 7.96. The first-order chi connectivity index (χ1) is 15.1. The average Bonchev–Trinajstić information content (AvgIpc) is 2.76. The molecule has 0 aromatic heterocycles. The number of carbonyl (C=O) groups is 2. The molecule has 0 saturated heterocycles. The summed E-state index contributed by atoms with van der Waals surface area (Å²) in [5.74, 6) is -4.80. The highest BCUT2D eigenvalue weighted by Gasteiger charge is 2.46. The van der Waals surface area contributed by atoms with Gasteiger partial charge in [-0.1, -0.05) is 74.5 Å². The van der Waals surface area contributed by atoms with Gasteiger partial charge in [-0.15, -0.1) is 0 Å². The SMILES string of the molecule is CC(C)[C@H](NC(=O)[C@H](CN[C@@H](C)c1ccccc1)C(F)(F)F)C(=O)OCc1ccccc1. The zero-order valence-corrected chi connectivity index (χ0v) is 18.4. The Morgan fingerprint density at radius 2 is 1.50 bits per heavy atom. The summed E-state index contributed by atoms with van der Waals surface area (Å²) in [4.78, 5) is 25.0. The van der Waals surface area contributed by atoms with Gasteiger partial charge in [-0.25, -0.2) is 4.79 Å². The number of amides is 1. The lowest BCUT2D eigenvalue weighted by atomic mass is 10.0. The first-order valence-electron chi connectivity index (χ1n) is 10.5. The van der Waals surface area contributed by atoms with Crippen LogP contribution in [0, 0.1) is 11.8 Å². The Hall–Kier alpha value is -2.87. The lowest BCUT2D eigenvalue weighted by Gasteiger charge is -2.26. The van der Waals surface area contributed by atoms with Crippen molar-refractivity contribution in [1.29, 1.82) is 0 Å². The minimum Gasteiger partial charge on any atom is -0.459 e. The van der Waals surface area contributed by atoms with Crippen molar-refractivity contribution >= 4 is 11.9 Å². The summed E-state index contributed by atoms with van der Waals surface area (Å²) >= 11 is 0. The Labute approximate surface area is 186 Å². The van der Waals surface area contributed by atoms with Gasteiger partial charge >= 0.3 is 12.1 Å². The Morgan fingerprint density at radius 1 is 0.938 bits per heavy atom. The molecular weight excluding hydrogens is 421 g/mol. The molecule has 5 nitrogen and oxygen atoms in total. The van der Waals surface area contributed by atoms with Crippen LogP contribution >= 0.6 is 0 Å². The number of halogens is 3. The number of rotatable bonds is 10. The Bertz CT molecular complexity index is 858. The maximum atomic E-state index is 13.6. The van der Waals surface area contributed by atoms with Crippen LogP contribution in [0.25, 0.3) is 0 Å². The van der Waals surface area contributed by atoms with E-state index < -0.39 is 42.5 Å². The molecule has 2 aromatic carbocycles. The molecule has 2 N–H and O–H groups in total. The number of carbonyl (C=O) groups excluding carboxylic acids is 2. The largest absolute Gasteiger partial charge is 0.459 e. The van der Waals surface area contributed by atoms with E-state index in [4.69, 9.17) is 4.74 Å². The molecule has 0 fully saturated rings. The van der Waals surface area contributed by atoms with Crippen molar-refractivity contribution in [1.82, 2.24) is 10.6 Å². The molecule has 0 bridgehead atoms. The normalized spacial score (nSPS) is 14.5. The maximum Gasteiger partial charge on any atom is 0.401 e. The van der Waals surface area contributed by atoms with Crippen LogP contribution in [-0.2, 0) is 20.9 Å². The van der Waals surface area contributed by atoms with Crippen LogP contribution in [0.4, 0.5) is 13.2 Å². The van der Waals surface area contributed by atoms with E-state index in [0.29, 0.717) is 0 Å². The predicted octanol–water partition coefficient (Wildman–Crippen LogP) is 4.40. The van der Waals surface area contributed by atoms with Crippen LogP contribution < -0.4 is 10.6 Å². The summed E-state index contributed by atoms with van der Waals surface area (Å²) in [6.45, 7) is 4.34. The number of benzene rings is 2. The van der Waals surface area contributed by atoms with Gasteiger partial charge < -0.3 is 15.4 Å². The van der Waals surface area contributed by atoms with E-state index in [-0.39, 0.29) is 12.6 Å². The summed E-state index contributed by atoms with van der Waals surface area (Å²) in [7, 11) is 0. The molecule has 0 aliphatic carbocycles. The van der Waals surface area contributed by atoms with Crippen LogP contribution in [-0.4, -0.2) is 30.6 Å². The molecule has 0 aliphatic rings. The van der Waals surface area contributed by atoms with E-state index in [9.17, 15) is 22.8 Å². The van der Waals surface area contributed by atoms with Crippen LogP contribution in [0.3, 0.4) is 0 Å². The molecule has 0 heterocycles. The topological polar surface area (TPSA) is 67.4 Å². The molecule has 3 atom stereocenters. The monoisotopic (exact) mass is 450 g/mol. The molecule has 0 saturated carbocycles. The number of hydrogen-bond acceptors (Lipinski definition) is 4. The quantitative estimate of drug-likeness (QED) is 0.527. The third-order valence-electron chi connectivity index (χ3n) is 5.08. The molecule has 32 heavy (non-hydrogen) atoms. The smallest absolute Gasteiger partial charge is 0.401 e. The first-order valence-corrected chi connectivity index (χ1v) is 10.5. The second kappa shape index (κ2) is 11.7. The van der Waals surface area contributed by atoms with Crippen molar-refractivity contribution in [2.45, 2.75) is 45.6 Å². The highest BCUT2D eigenvalue weighted by Crippen LogP contribution is 2.27. The number of esters is 1. The molecular formula is C24H29F3N2O3. The van der Waals surface area contributed by atoms with Crippen molar-refractivity contribution in [2.24, 2.45) is 11.8 Å². The summed E-state index contributed by atoms with van der Waals surface area (Å²) in [5, 5.41) is 5.02. The van der Waals surface area contributed by atoms with Crippen LogP contribution in [0.2, 0.25) is 0 Å². The zero-order chi connectivity index (χ0) is 23.7. The minimum absolute atomic E-state index is 0.0301. The molecule has 1 amide bonds. The lowest BCUT2D eigenvalue weighted by Crippen LogP contribution is -2.52.